The van der Waals surface area contributed by atoms with Crippen molar-refractivity contribution in [1.29, 1.82) is 0 Å². The van der Waals surface area contributed by atoms with Crippen LogP contribution in [0.25, 0.3) is 0 Å². The summed E-state index contributed by atoms with van der Waals surface area (Å²) in [7, 11) is 1.49. The van der Waals surface area contributed by atoms with Gasteiger partial charge in [-0.15, -0.1) is 0 Å². The molecule has 2 amide bonds. The highest BCUT2D eigenvalue weighted by molar-refractivity contribution is 5.87. The quantitative estimate of drug-likeness (QED) is 0.828. The Kier molecular flexibility index (Phi) is 6.72. The van der Waals surface area contributed by atoms with Gasteiger partial charge in [0.05, 0.1) is 0 Å². The predicted octanol–water partition coefficient (Wildman–Crippen LogP) is 2.68. The Morgan fingerprint density at radius 2 is 1.81 bits per heavy atom. The molecule has 5 nitrogen and oxygen atoms in total. The average Bonchev–Trinajstić information content (AvgIpc) is 2.65. The Morgan fingerprint density at radius 1 is 1.15 bits per heavy atom. The molecule has 0 heterocycles. The molecule has 1 N–H and O–H groups in total. The van der Waals surface area contributed by atoms with E-state index in [4.69, 9.17) is 4.74 Å². The molecule has 0 aliphatic carbocycles. The number of likely N-dealkylation sites (N-methyl/N-ethyl adjacent to an activating group) is 1. The molecule has 0 saturated heterocycles. The molecule has 0 aliphatic rings. The van der Waals surface area contributed by atoms with Crippen LogP contribution in [-0.4, -0.2) is 36.4 Å². The van der Waals surface area contributed by atoms with Crippen molar-refractivity contribution in [2.24, 2.45) is 0 Å². The maximum absolute atomic E-state index is 14.0. The number of hydrogen-bond acceptors (Lipinski definition) is 3. The molecule has 138 valence electrons. The zero-order valence-electron chi connectivity index (χ0n) is 15.2. The largest absolute Gasteiger partial charge is 0.484 e. The van der Waals surface area contributed by atoms with Crippen molar-refractivity contribution in [3.05, 3.63) is 65.5 Å². The van der Waals surface area contributed by atoms with E-state index < -0.39 is 17.8 Å². The van der Waals surface area contributed by atoms with Crippen LogP contribution in [0.15, 0.2) is 48.5 Å². The highest BCUT2D eigenvalue weighted by Crippen LogP contribution is 2.15. The van der Waals surface area contributed by atoms with Crippen LogP contribution in [0.2, 0.25) is 0 Å². The highest BCUT2D eigenvalue weighted by Gasteiger charge is 2.26. The Balaban J connectivity index is 2.13. The number of ether oxygens (including phenoxy) is 1. The minimum atomic E-state index is -0.756. The summed E-state index contributed by atoms with van der Waals surface area (Å²) in [5, 5.41) is 2.51. The Morgan fingerprint density at radius 3 is 2.42 bits per heavy atom. The Labute approximate surface area is 152 Å². The molecule has 0 radical (unpaired) electrons. The Bertz CT molecular complexity index is 762. The monoisotopic (exact) mass is 358 g/mol. The first-order valence-corrected chi connectivity index (χ1v) is 8.36. The topological polar surface area (TPSA) is 58.6 Å². The van der Waals surface area contributed by atoms with Crippen molar-refractivity contribution in [3.63, 3.8) is 0 Å². The van der Waals surface area contributed by atoms with Crippen LogP contribution in [0.5, 0.6) is 5.75 Å². The van der Waals surface area contributed by atoms with Gasteiger partial charge in [-0.2, -0.15) is 0 Å². The summed E-state index contributed by atoms with van der Waals surface area (Å²) in [6, 6.07) is 12.7. The van der Waals surface area contributed by atoms with Crippen molar-refractivity contribution >= 4 is 11.8 Å². The maximum atomic E-state index is 14.0. The fraction of sp³-hybridized carbons (Fsp3) is 0.300. The van der Waals surface area contributed by atoms with Gasteiger partial charge in [0.15, 0.2) is 6.61 Å². The number of carbonyl (C=O) groups excluding carboxylic acids is 2. The van der Waals surface area contributed by atoms with Crippen LogP contribution in [0.4, 0.5) is 4.39 Å². The zero-order chi connectivity index (χ0) is 19.1. The van der Waals surface area contributed by atoms with Gasteiger partial charge >= 0.3 is 0 Å². The third-order valence-electron chi connectivity index (χ3n) is 4.10. The smallest absolute Gasteiger partial charge is 0.261 e. The van der Waals surface area contributed by atoms with Crippen molar-refractivity contribution in [1.82, 2.24) is 10.2 Å². The number of benzene rings is 2. The lowest BCUT2D eigenvalue weighted by Crippen LogP contribution is -2.48. The van der Waals surface area contributed by atoms with Crippen LogP contribution in [-0.2, 0) is 16.1 Å². The van der Waals surface area contributed by atoms with Crippen molar-refractivity contribution in [3.8, 4) is 5.75 Å². The summed E-state index contributed by atoms with van der Waals surface area (Å²) in [6.07, 6.45) is 0. The SMILES string of the molecule is CNC(=O)C(C)N(Cc1ccccc1F)C(=O)COc1ccc(C)cc1. The average molecular weight is 358 g/mol. The van der Waals surface area contributed by atoms with E-state index in [1.807, 2.05) is 19.1 Å². The zero-order valence-corrected chi connectivity index (χ0v) is 15.2. The second kappa shape index (κ2) is 8.99. The first-order chi connectivity index (χ1) is 12.4. The maximum Gasteiger partial charge on any atom is 0.261 e. The van der Waals surface area contributed by atoms with Crippen molar-refractivity contribution in [2.45, 2.75) is 26.4 Å². The molecule has 0 saturated carbocycles. The van der Waals surface area contributed by atoms with Gasteiger partial charge in [0.25, 0.3) is 5.91 Å². The second-order valence-corrected chi connectivity index (χ2v) is 6.01. The van der Waals surface area contributed by atoms with Gasteiger partial charge in [0, 0.05) is 19.2 Å². The fourth-order valence-corrected chi connectivity index (χ4v) is 2.46. The number of nitrogens with zero attached hydrogens (tertiary/aromatic N) is 1. The number of hydrogen-bond donors (Lipinski definition) is 1. The molecule has 0 spiro atoms. The summed E-state index contributed by atoms with van der Waals surface area (Å²) in [5.41, 5.74) is 1.42. The molecule has 1 unspecified atom stereocenters. The molecule has 26 heavy (non-hydrogen) atoms. The third-order valence-corrected chi connectivity index (χ3v) is 4.10. The lowest BCUT2D eigenvalue weighted by atomic mass is 10.1. The van der Waals surface area contributed by atoms with E-state index in [-0.39, 0.29) is 19.1 Å². The molecule has 2 aromatic carbocycles. The van der Waals surface area contributed by atoms with E-state index in [1.165, 1.54) is 18.0 Å². The second-order valence-electron chi connectivity index (χ2n) is 6.01. The Hall–Kier alpha value is -2.89. The fourth-order valence-electron chi connectivity index (χ4n) is 2.46. The minimum absolute atomic E-state index is 0.0165. The van der Waals surface area contributed by atoms with Crippen LogP contribution in [0.3, 0.4) is 0 Å². The molecule has 0 aliphatic heterocycles. The number of amides is 2. The summed E-state index contributed by atoms with van der Waals surface area (Å²) in [5.74, 6) is -0.591. The molecular weight excluding hydrogens is 335 g/mol. The summed E-state index contributed by atoms with van der Waals surface area (Å²) < 4.78 is 19.5. The van der Waals surface area contributed by atoms with Crippen LogP contribution in [0.1, 0.15) is 18.1 Å². The molecule has 6 heteroatoms. The van der Waals surface area contributed by atoms with Gasteiger partial charge < -0.3 is 15.0 Å². The van der Waals surface area contributed by atoms with Crippen LogP contribution < -0.4 is 10.1 Å². The van der Waals surface area contributed by atoms with Crippen molar-refractivity contribution < 1.29 is 18.7 Å². The third kappa shape index (κ3) is 5.05. The van der Waals surface area contributed by atoms with Gasteiger partial charge in [0.1, 0.15) is 17.6 Å². The van der Waals surface area contributed by atoms with Gasteiger partial charge in [-0.05, 0) is 32.0 Å². The van der Waals surface area contributed by atoms with Gasteiger partial charge in [-0.25, -0.2) is 4.39 Å². The lowest BCUT2D eigenvalue weighted by molar-refractivity contribution is -0.142. The van der Waals surface area contributed by atoms with Crippen LogP contribution >= 0.6 is 0 Å². The molecular formula is C20H23FN2O3. The number of nitrogens with one attached hydrogen (secondary N) is 1. The first kappa shape index (κ1) is 19.4. The highest BCUT2D eigenvalue weighted by atomic mass is 19.1. The minimum Gasteiger partial charge on any atom is -0.484 e. The number of carbonyl (C=O) groups is 2. The lowest BCUT2D eigenvalue weighted by Gasteiger charge is -2.28. The van der Waals surface area contributed by atoms with Crippen LogP contribution in [0, 0.1) is 12.7 Å². The summed E-state index contributed by atoms with van der Waals surface area (Å²) >= 11 is 0. The van der Waals surface area contributed by atoms with E-state index >= 15 is 0 Å². The molecule has 2 aromatic rings. The van der Waals surface area contributed by atoms with E-state index in [2.05, 4.69) is 5.32 Å². The van der Waals surface area contributed by atoms with E-state index in [1.54, 1.807) is 37.3 Å². The van der Waals surface area contributed by atoms with E-state index in [9.17, 15) is 14.0 Å². The summed E-state index contributed by atoms with van der Waals surface area (Å²) in [6.45, 7) is 3.30. The number of halogens is 1. The molecule has 2 rings (SSSR count). The first-order valence-electron chi connectivity index (χ1n) is 8.36. The molecule has 0 fully saturated rings. The molecule has 1 atom stereocenters. The predicted molar refractivity (Wildman–Crippen MR) is 97.2 cm³/mol. The van der Waals surface area contributed by atoms with Gasteiger partial charge in [0.2, 0.25) is 5.91 Å². The molecule has 0 bridgehead atoms. The van der Waals surface area contributed by atoms with E-state index in [0.29, 0.717) is 11.3 Å². The van der Waals surface area contributed by atoms with Crippen molar-refractivity contribution in [2.75, 3.05) is 13.7 Å². The van der Waals surface area contributed by atoms with Gasteiger partial charge in [-0.1, -0.05) is 35.9 Å². The number of rotatable bonds is 7. The normalized spacial score (nSPS) is 11.5. The number of aryl methyl sites for hydroxylation is 1. The molecule has 0 aromatic heterocycles. The van der Waals surface area contributed by atoms with E-state index in [0.717, 1.165) is 5.56 Å². The summed E-state index contributed by atoms with van der Waals surface area (Å²) in [4.78, 5) is 26.0. The standard InChI is InChI=1S/C20H23FN2O3/c1-14-8-10-17(11-9-14)26-13-19(24)23(15(2)20(25)22-3)12-16-6-4-5-7-18(16)21/h4-11,15H,12-13H2,1-3H3,(H,22,25). The van der Waals surface area contributed by atoms with Gasteiger partial charge in [-0.3, -0.25) is 9.59 Å².